The Kier molecular flexibility index (Phi) is 4.82. The van der Waals surface area contributed by atoms with Crippen molar-refractivity contribution >= 4 is 21.6 Å². The fourth-order valence-corrected chi connectivity index (χ4v) is 2.97. The van der Waals surface area contributed by atoms with Gasteiger partial charge in [-0.3, -0.25) is 9.52 Å². The van der Waals surface area contributed by atoms with Gasteiger partial charge in [0.25, 0.3) is 15.9 Å². The van der Waals surface area contributed by atoms with Gasteiger partial charge < -0.3 is 5.32 Å². The Labute approximate surface area is 130 Å². The molecule has 0 spiro atoms. The van der Waals surface area contributed by atoms with Crippen LogP contribution in [0.1, 0.15) is 24.2 Å². The highest BCUT2D eigenvalue weighted by Gasteiger charge is 2.16. The molecule has 0 bridgehead atoms. The molecule has 5 nitrogen and oxygen atoms in total. The molecular weight excluding hydrogens is 300 g/mol. The number of rotatable bonds is 5. The van der Waals surface area contributed by atoms with Gasteiger partial charge in [0.15, 0.2) is 0 Å². The topological polar surface area (TPSA) is 75.3 Å². The Bertz CT molecular complexity index is 756. The lowest BCUT2D eigenvalue weighted by molar-refractivity contribution is 0.0943. The van der Waals surface area contributed by atoms with E-state index in [1.54, 1.807) is 42.5 Å². The van der Waals surface area contributed by atoms with Crippen molar-refractivity contribution < 1.29 is 13.2 Å². The van der Waals surface area contributed by atoms with Crippen LogP contribution in [0.25, 0.3) is 0 Å². The van der Waals surface area contributed by atoms with Crippen molar-refractivity contribution in [2.75, 3.05) is 4.72 Å². The van der Waals surface area contributed by atoms with Crippen molar-refractivity contribution in [3.63, 3.8) is 0 Å². The first kappa shape index (κ1) is 16.0. The van der Waals surface area contributed by atoms with E-state index in [1.165, 1.54) is 12.1 Å². The number of hydrogen-bond donors (Lipinski definition) is 2. The number of carbonyl (C=O) groups excluding carboxylic acids is 1. The molecule has 0 aromatic heterocycles. The summed E-state index contributed by atoms with van der Waals surface area (Å²) < 4.78 is 27.2. The molecule has 22 heavy (non-hydrogen) atoms. The van der Waals surface area contributed by atoms with E-state index < -0.39 is 10.0 Å². The van der Waals surface area contributed by atoms with Gasteiger partial charge in [-0.1, -0.05) is 24.3 Å². The third-order valence-corrected chi connectivity index (χ3v) is 4.23. The number of hydrogen-bond acceptors (Lipinski definition) is 3. The van der Waals surface area contributed by atoms with E-state index in [0.717, 1.165) is 0 Å². The van der Waals surface area contributed by atoms with Crippen molar-refractivity contribution in [3.8, 4) is 0 Å². The highest BCUT2D eigenvalue weighted by atomic mass is 32.2. The summed E-state index contributed by atoms with van der Waals surface area (Å²) in [5, 5.41) is 2.73. The van der Waals surface area contributed by atoms with E-state index in [2.05, 4.69) is 10.0 Å². The van der Waals surface area contributed by atoms with Crippen LogP contribution < -0.4 is 10.0 Å². The predicted octanol–water partition coefficient (Wildman–Crippen LogP) is 2.63. The Morgan fingerprint density at radius 2 is 1.68 bits per heavy atom. The van der Waals surface area contributed by atoms with Gasteiger partial charge in [0.2, 0.25) is 0 Å². The SMILES string of the molecule is CC(C)NC(=O)c1cccc(S(=O)(=O)Nc2ccccc2)c1. The standard InChI is InChI=1S/C16H18N2O3S/c1-12(2)17-16(19)13-7-6-10-15(11-13)22(20,21)18-14-8-4-3-5-9-14/h3-12,18H,1-2H3,(H,17,19). The minimum absolute atomic E-state index is 0.0183. The minimum Gasteiger partial charge on any atom is -0.350 e. The molecule has 116 valence electrons. The van der Waals surface area contributed by atoms with Crippen LogP contribution in [-0.4, -0.2) is 20.4 Å². The van der Waals surface area contributed by atoms with Gasteiger partial charge in [-0.05, 0) is 44.2 Å². The van der Waals surface area contributed by atoms with E-state index in [4.69, 9.17) is 0 Å². The minimum atomic E-state index is -3.73. The maximum atomic E-state index is 12.4. The average molecular weight is 318 g/mol. The molecule has 2 aromatic carbocycles. The lowest BCUT2D eigenvalue weighted by Gasteiger charge is -2.11. The Balaban J connectivity index is 2.26. The second kappa shape index (κ2) is 6.62. The van der Waals surface area contributed by atoms with Gasteiger partial charge >= 0.3 is 0 Å². The molecule has 0 unspecified atom stereocenters. The fraction of sp³-hybridized carbons (Fsp3) is 0.188. The van der Waals surface area contributed by atoms with Gasteiger partial charge in [0.05, 0.1) is 4.90 Å². The highest BCUT2D eigenvalue weighted by Crippen LogP contribution is 2.17. The zero-order valence-electron chi connectivity index (χ0n) is 12.4. The van der Waals surface area contributed by atoms with E-state index in [-0.39, 0.29) is 16.8 Å². The van der Waals surface area contributed by atoms with E-state index >= 15 is 0 Å². The predicted molar refractivity (Wildman–Crippen MR) is 86.3 cm³/mol. The summed E-state index contributed by atoms with van der Waals surface area (Å²) in [6.45, 7) is 3.69. The Morgan fingerprint density at radius 3 is 2.32 bits per heavy atom. The maximum absolute atomic E-state index is 12.4. The molecule has 1 amide bonds. The van der Waals surface area contributed by atoms with Crippen LogP contribution >= 0.6 is 0 Å². The molecule has 2 rings (SSSR count). The van der Waals surface area contributed by atoms with Crippen LogP contribution in [0.3, 0.4) is 0 Å². The number of benzene rings is 2. The number of para-hydroxylation sites is 1. The smallest absolute Gasteiger partial charge is 0.261 e. The van der Waals surface area contributed by atoms with Crippen LogP contribution in [0.2, 0.25) is 0 Å². The first-order valence-corrected chi connectivity index (χ1v) is 8.35. The van der Waals surface area contributed by atoms with Crippen molar-refractivity contribution in [3.05, 3.63) is 60.2 Å². The largest absolute Gasteiger partial charge is 0.350 e. The summed E-state index contributed by atoms with van der Waals surface area (Å²) >= 11 is 0. The van der Waals surface area contributed by atoms with Crippen LogP contribution in [0.5, 0.6) is 0 Å². The molecule has 2 N–H and O–H groups in total. The molecule has 2 aromatic rings. The number of nitrogens with one attached hydrogen (secondary N) is 2. The van der Waals surface area contributed by atoms with Crippen LogP contribution in [0.15, 0.2) is 59.5 Å². The highest BCUT2D eigenvalue weighted by molar-refractivity contribution is 7.92. The van der Waals surface area contributed by atoms with Crippen LogP contribution in [-0.2, 0) is 10.0 Å². The quantitative estimate of drug-likeness (QED) is 0.890. The van der Waals surface area contributed by atoms with Crippen LogP contribution in [0, 0.1) is 0 Å². The number of anilines is 1. The monoisotopic (exact) mass is 318 g/mol. The van der Waals surface area contributed by atoms with Gasteiger partial charge in [0, 0.05) is 17.3 Å². The lowest BCUT2D eigenvalue weighted by atomic mass is 10.2. The molecule has 0 saturated carbocycles. The summed E-state index contributed by atoms with van der Waals surface area (Å²) in [5.74, 6) is -0.299. The molecule has 0 aliphatic heterocycles. The molecule has 0 saturated heterocycles. The summed E-state index contributed by atoms with van der Waals surface area (Å²) in [7, 11) is -3.73. The van der Waals surface area contributed by atoms with Crippen molar-refractivity contribution in [1.29, 1.82) is 0 Å². The molecule has 0 aliphatic carbocycles. The molecule has 0 aliphatic rings. The summed E-state index contributed by atoms with van der Waals surface area (Å²) in [6.07, 6.45) is 0. The van der Waals surface area contributed by atoms with Crippen molar-refractivity contribution in [1.82, 2.24) is 5.32 Å². The Morgan fingerprint density at radius 1 is 1.00 bits per heavy atom. The molecular formula is C16H18N2O3S. The first-order valence-electron chi connectivity index (χ1n) is 6.87. The van der Waals surface area contributed by atoms with Crippen LogP contribution in [0.4, 0.5) is 5.69 Å². The second-order valence-electron chi connectivity index (χ2n) is 5.13. The number of carbonyl (C=O) groups is 1. The van der Waals surface area contributed by atoms with E-state index in [0.29, 0.717) is 11.3 Å². The van der Waals surface area contributed by atoms with Crippen molar-refractivity contribution in [2.45, 2.75) is 24.8 Å². The zero-order chi connectivity index (χ0) is 16.2. The van der Waals surface area contributed by atoms with E-state index in [1.807, 2.05) is 13.8 Å². The molecule has 0 fully saturated rings. The third kappa shape index (κ3) is 4.08. The maximum Gasteiger partial charge on any atom is 0.261 e. The number of sulfonamides is 1. The average Bonchev–Trinajstić information content (AvgIpc) is 2.47. The molecule has 0 radical (unpaired) electrons. The molecule has 6 heteroatoms. The van der Waals surface area contributed by atoms with Gasteiger partial charge in [-0.25, -0.2) is 8.42 Å². The van der Waals surface area contributed by atoms with Crippen molar-refractivity contribution in [2.24, 2.45) is 0 Å². The third-order valence-electron chi connectivity index (χ3n) is 2.85. The van der Waals surface area contributed by atoms with Gasteiger partial charge in [0.1, 0.15) is 0 Å². The summed E-state index contributed by atoms with van der Waals surface area (Å²) in [6, 6.07) is 14.5. The summed E-state index contributed by atoms with van der Waals surface area (Å²) in [5.41, 5.74) is 0.782. The normalized spacial score (nSPS) is 11.2. The van der Waals surface area contributed by atoms with E-state index in [9.17, 15) is 13.2 Å². The molecule has 0 atom stereocenters. The second-order valence-corrected chi connectivity index (χ2v) is 6.81. The zero-order valence-corrected chi connectivity index (χ0v) is 13.2. The Hall–Kier alpha value is -2.34. The van der Waals surface area contributed by atoms with Gasteiger partial charge in [-0.2, -0.15) is 0 Å². The lowest BCUT2D eigenvalue weighted by Crippen LogP contribution is -2.30. The molecule has 0 heterocycles. The first-order chi connectivity index (χ1) is 10.4. The number of amides is 1. The van der Waals surface area contributed by atoms with Gasteiger partial charge in [-0.15, -0.1) is 0 Å². The summed E-state index contributed by atoms with van der Waals surface area (Å²) in [4.78, 5) is 12.0. The fourth-order valence-electron chi connectivity index (χ4n) is 1.87.